The van der Waals surface area contributed by atoms with E-state index >= 15 is 0 Å². The summed E-state index contributed by atoms with van der Waals surface area (Å²) in [5, 5.41) is 9.03. The summed E-state index contributed by atoms with van der Waals surface area (Å²) >= 11 is 0. The molecule has 7 nitrogen and oxygen atoms in total. The Labute approximate surface area is 182 Å². The van der Waals surface area contributed by atoms with Crippen LogP contribution >= 0.6 is 0 Å². The fourth-order valence-corrected chi connectivity index (χ4v) is 3.47. The molecule has 31 heavy (non-hydrogen) atoms. The minimum absolute atomic E-state index is 0.318. The van der Waals surface area contributed by atoms with Gasteiger partial charge in [-0.25, -0.2) is 9.59 Å². The monoisotopic (exact) mass is 422 g/mol. The zero-order valence-electron chi connectivity index (χ0n) is 18.2. The number of nitrogens with zero attached hydrogens (tertiary/aromatic N) is 2. The van der Waals surface area contributed by atoms with Crippen molar-refractivity contribution in [3.05, 3.63) is 64.7 Å². The number of benzene rings is 2. The lowest BCUT2D eigenvalue weighted by atomic mass is 9.92. The van der Waals surface area contributed by atoms with Gasteiger partial charge in [0, 0.05) is 6.54 Å². The Hall–Kier alpha value is -3.53. The molecule has 0 aliphatic carbocycles. The molecule has 0 aromatic heterocycles. The Balaban J connectivity index is 1.81. The van der Waals surface area contributed by atoms with Gasteiger partial charge in [0.2, 0.25) is 0 Å². The van der Waals surface area contributed by atoms with E-state index in [1.807, 2.05) is 18.2 Å². The summed E-state index contributed by atoms with van der Waals surface area (Å²) in [5.74, 6) is 0.129. The Morgan fingerprint density at radius 3 is 2.65 bits per heavy atom. The van der Waals surface area contributed by atoms with Crippen molar-refractivity contribution < 1.29 is 23.8 Å². The molecule has 2 aromatic carbocycles. The molecule has 7 heteroatoms. The van der Waals surface area contributed by atoms with Crippen LogP contribution in [-0.2, 0) is 27.3 Å². The molecule has 0 saturated carbocycles. The van der Waals surface area contributed by atoms with Gasteiger partial charge in [-0.15, -0.1) is 0 Å². The van der Waals surface area contributed by atoms with Crippen molar-refractivity contribution in [2.45, 2.75) is 45.4 Å². The Kier molecular flexibility index (Phi) is 6.50. The molecule has 1 heterocycles. The molecule has 1 aliphatic heterocycles. The van der Waals surface area contributed by atoms with Crippen molar-refractivity contribution in [2.75, 3.05) is 13.7 Å². The van der Waals surface area contributed by atoms with Gasteiger partial charge in [0.15, 0.2) is 6.04 Å². The van der Waals surface area contributed by atoms with E-state index in [0.29, 0.717) is 36.4 Å². The minimum Gasteiger partial charge on any atom is -0.489 e. The van der Waals surface area contributed by atoms with E-state index < -0.39 is 23.7 Å². The van der Waals surface area contributed by atoms with Crippen LogP contribution in [-0.4, -0.2) is 36.2 Å². The highest BCUT2D eigenvalue weighted by molar-refractivity contribution is 5.84. The van der Waals surface area contributed by atoms with Crippen LogP contribution in [0.4, 0.5) is 4.79 Å². The molecule has 0 bridgehead atoms. The van der Waals surface area contributed by atoms with Gasteiger partial charge in [0.25, 0.3) is 0 Å². The number of ether oxygens (including phenoxy) is 3. The van der Waals surface area contributed by atoms with Gasteiger partial charge in [-0.05, 0) is 68.1 Å². The van der Waals surface area contributed by atoms with E-state index in [9.17, 15) is 9.59 Å². The molecular weight excluding hydrogens is 396 g/mol. The maximum absolute atomic E-state index is 12.7. The lowest BCUT2D eigenvalue weighted by molar-refractivity contribution is -0.147. The van der Waals surface area contributed by atoms with Crippen molar-refractivity contribution >= 4 is 12.1 Å². The molecule has 3 rings (SSSR count). The normalized spacial score (nSPS) is 15.5. The highest BCUT2D eigenvalue weighted by Crippen LogP contribution is 2.34. The van der Waals surface area contributed by atoms with Crippen LogP contribution in [0.2, 0.25) is 0 Å². The Morgan fingerprint density at radius 2 is 1.97 bits per heavy atom. The maximum atomic E-state index is 12.7. The van der Waals surface area contributed by atoms with E-state index in [2.05, 4.69) is 6.07 Å². The van der Waals surface area contributed by atoms with E-state index in [4.69, 9.17) is 19.5 Å². The predicted octanol–water partition coefficient (Wildman–Crippen LogP) is 4.14. The first-order valence-corrected chi connectivity index (χ1v) is 10.0. The number of hydrogen-bond acceptors (Lipinski definition) is 6. The number of amides is 1. The van der Waals surface area contributed by atoms with E-state index in [0.717, 1.165) is 11.1 Å². The highest BCUT2D eigenvalue weighted by Gasteiger charge is 2.39. The van der Waals surface area contributed by atoms with Crippen molar-refractivity contribution in [2.24, 2.45) is 0 Å². The van der Waals surface area contributed by atoms with Crippen LogP contribution in [0, 0.1) is 11.3 Å². The lowest BCUT2D eigenvalue weighted by Gasteiger charge is -2.36. The van der Waals surface area contributed by atoms with Gasteiger partial charge in [-0.3, -0.25) is 4.90 Å². The maximum Gasteiger partial charge on any atom is 0.411 e. The zero-order valence-corrected chi connectivity index (χ0v) is 18.2. The first kappa shape index (κ1) is 22.2. The van der Waals surface area contributed by atoms with Gasteiger partial charge in [0.05, 0.1) is 18.7 Å². The van der Waals surface area contributed by atoms with Crippen LogP contribution in [0.15, 0.2) is 42.5 Å². The summed E-state index contributed by atoms with van der Waals surface area (Å²) < 4.78 is 16.3. The van der Waals surface area contributed by atoms with Gasteiger partial charge < -0.3 is 14.2 Å². The largest absolute Gasteiger partial charge is 0.489 e. The molecule has 0 fully saturated rings. The summed E-state index contributed by atoms with van der Waals surface area (Å²) in [6, 6.07) is 13.9. The second-order valence-electron chi connectivity index (χ2n) is 8.31. The fourth-order valence-electron chi connectivity index (χ4n) is 3.47. The van der Waals surface area contributed by atoms with Crippen LogP contribution in [0.3, 0.4) is 0 Å². The van der Waals surface area contributed by atoms with Crippen molar-refractivity contribution in [3.63, 3.8) is 0 Å². The number of hydrogen-bond donors (Lipinski definition) is 0. The third-order valence-electron chi connectivity index (χ3n) is 4.86. The van der Waals surface area contributed by atoms with Crippen LogP contribution < -0.4 is 4.74 Å². The molecule has 0 N–H and O–H groups in total. The predicted molar refractivity (Wildman–Crippen MR) is 113 cm³/mol. The smallest absolute Gasteiger partial charge is 0.411 e. The van der Waals surface area contributed by atoms with Gasteiger partial charge >= 0.3 is 12.1 Å². The summed E-state index contributed by atoms with van der Waals surface area (Å²) in [7, 11) is 1.30. The molecule has 1 atom stereocenters. The first-order valence-electron chi connectivity index (χ1n) is 10.0. The topological polar surface area (TPSA) is 88.9 Å². The average molecular weight is 422 g/mol. The summed E-state index contributed by atoms with van der Waals surface area (Å²) in [6.45, 7) is 6.00. The minimum atomic E-state index is -0.870. The highest BCUT2D eigenvalue weighted by atomic mass is 16.6. The molecule has 0 radical (unpaired) electrons. The number of rotatable bonds is 4. The van der Waals surface area contributed by atoms with Gasteiger partial charge in [0.1, 0.15) is 18.0 Å². The van der Waals surface area contributed by atoms with E-state index in [1.165, 1.54) is 12.0 Å². The summed E-state index contributed by atoms with van der Waals surface area (Å²) in [4.78, 5) is 26.6. The Morgan fingerprint density at radius 1 is 1.19 bits per heavy atom. The molecule has 0 spiro atoms. The third kappa shape index (κ3) is 5.34. The Bertz CT molecular complexity index is 1020. The zero-order chi connectivity index (χ0) is 22.6. The number of carbonyl (C=O) groups excluding carboxylic acids is 2. The lowest BCUT2D eigenvalue weighted by Crippen LogP contribution is -2.46. The van der Waals surface area contributed by atoms with Crippen molar-refractivity contribution in [1.82, 2.24) is 4.90 Å². The van der Waals surface area contributed by atoms with E-state index in [-0.39, 0.29) is 0 Å². The number of esters is 1. The fraction of sp³-hybridized carbons (Fsp3) is 0.375. The van der Waals surface area contributed by atoms with Crippen LogP contribution in [0.1, 0.15) is 49.1 Å². The van der Waals surface area contributed by atoms with Crippen LogP contribution in [0.5, 0.6) is 5.75 Å². The van der Waals surface area contributed by atoms with Crippen molar-refractivity contribution in [1.29, 1.82) is 5.26 Å². The molecule has 0 unspecified atom stereocenters. The van der Waals surface area contributed by atoms with Gasteiger partial charge in [-0.2, -0.15) is 5.26 Å². The number of carbonyl (C=O) groups is 2. The number of methoxy groups -OCH3 is 1. The average Bonchev–Trinajstić information content (AvgIpc) is 2.75. The first-order chi connectivity index (χ1) is 14.7. The second-order valence-corrected chi connectivity index (χ2v) is 8.31. The van der Waals surface area contributed by atoms with Crippen LogP contribution in [0.25, 0.3) is 0 Å². The number of fused-ring (bicyclic) bond motifs is 1. The molecule has 0 saturated heterocycles. The molecule has 2 aromatic rings. The van der Waals surface area contributed by atoms with E-state index in [1.54, 1.807) is 45.0 Å². The van der Waals surface area contributed by atoms with Gasteiger partial charge in [-0.1, -0.05) is 18.2 Å². The number of nitriles is 1. The SMILES string of the molecule is COC(=O)[C@H]1c2ccc(OCc3cccc(C#N)c3)cc2CCN1C(=O)OC(C)(C)C. The summed E-state index contributed by atoms with van der Waals surface area (Å²) in [6.07, 6.45) is 0.00895. The van der Waals surface area contributed by atoms with Crippen molar-refractivity contribution in [3.8, 4) is 11.8 Å². The molecule has 1 amide bonds. The molecule has 1 aliphatic rings. The summed E-state index contributed by atoms with van der Waals surface area (Å²) in [5.41, 5.74) is 2.41. The second kappa shape index (κ2) is 9.09. The molecular formula is C24H26N2O5. The molecule has 162 valence electrons. The third-order valence-corrected chi connectivity index (χ3v) is 4.86. The quantitative estimate of drug-likeness (QED) is 0.688. The standard InChI is InChI=1S/C24H26N2O5/c1-24(2,3)31-23(28)26-11-10-18-13-19(8-9-20(18)21(26)22(27)29-4)30-15-17-7-5-6-16(12-17)14-25/h5-9,12-13,21H,10-11,15H2,1-4H3/t21-/m1/s1.